The quantitative estimate of drug-likeness (QED) is 0.352. The van der Waals surface area contributed by atoms with Crippen LogP contribution in [0.4, 0.5) is 13.2 Å². The first-order valence-electron chi connectivity index (χ1n) is 11.4. The fourth-order valence-corrected chi connectivity index (χ4v) is 4.13. The van der Waals surface area contributed by atoms with E-state index in [9.17, 15) is 13.2 Å². The van der Waals surface area contributed by atoms with Crippen LogP contribution in [0.25, 0.3) is 33.4 Å². The minimum Gasteiger partial charge on any atom is -0.493 e. The third-order valence-electron chi connectivity index (χ3n) is 5.90. The largest absolute Gasteiger partial charge is 0.493 e. The van der Waals surface area contributed by atoms with Crippen LogP contribution in [0.15, 0.2) is 55.0 Å². The molecule has 1 fully saturated rings. The van der Waals surface area contributed by atoms with Crippen LogP contribution >= 0.6 is 0 Å². The Morgan fingerprint density at radius 2 is 1.74 bits per heavy atom. The third-order valence-corrected chi connectivity index (χ3v) is 5.90. The van der Waals surface area contributed by atoms with Gasteiger partial charge in [0.1, 0.15) is 29.4 Å². The summed E-state index contributed by atoms with van der Waals surface area (Å²) in [5, 5.41) is 0.622. The Morgan fingerprint density at radius 1 is 0.886 bits per heavy atom. The number of rotatable bonds is 7. The maximum atomic E-state index is 14.8. The maximum Gasteiger partial charge on any atom is 0.152 e. The lowest BCUT2D eigenvalue weighted by atomic mass is 10.0. The van der Waals surface area contributed by atoms with Crippen LogP contribution < -0.4 is 4.74 Å². The van der Waals surface area contributed by atoms with E-state index in [1.165, 1.54) is 24.5 Å². The summed E-state index contributed by atoms with van der Waals surface area (Å²) in [6.45, 7) is 4.93. The summed E-state index contributed by atoms with van der Waals surface area (Å²) in [5.41, 5.74) is 1.36. The summed E-state index contributed by atoms with van der Waals surface area (Å²) in [4.78, 5) is 14.8. The standard InChI is InChI=1S/C26H23F3N4O2/c27-18-13-23(29)25(30-15-18)17-2-5-22(28)21(12-17)26-20-4-3-19(14-24(20)31-16-32-26)35-9-1-6-33-7-10-34-11-8-33/h2-5,12-16H,1,6-11H2. The van der Waals surface area contributed by atoms with Gasteiger partial charge in [-0.25, -0.2) is 23.1 Å². The van der Waals surface area contributed by atoms with E-state index < -0.39 is 17.5 Å². The van der Waals surface area contributed by atoms with Crippen LogP contribution in [0, 0.1) is 17.5 Å². The molecule has 0 atom stereocenters. The topological polar surface area (TPSA) is 60.4 Å². The van der Waals surface area contributed by atoms with Crippen molar-refractivity contribution in [2.45, 2.75) is 6.42 Å². The number of hydrogen-bond donors (Lipinski definition) is 0. The molecular weight excluding hydrogens is 457 g/mol. The van der Waals surface area contributed by atoms with E-state index in [1.807, 2.05) is 0 Å². The van der Waals surface area contributed by atoms with E-state index in [1.54, 1.807) is 18.2 Å². The molecule has 1 aliphatic rings. The molecule has 1 saturated heterocycles. The normalized spacial score (nSPS) is 14.4. The molecule has 2 aromatic carbocycles. The zero-order chi connectivity index (χ0) is 24.2. The lowest BCUT2D eigenvalue weighted by Crippen LogP contribution is -2.37. The zero-order valence-electron chi connectivity index (χ0n) is 18.9. The third kappa shape index (κ3) is 5.26. The van der Waals surface area contributed by atoms with E-state index in [-0.39, 0.29) is 11.3 Å². The fraction of sp³-hybridized carbons (Fsp3) is 0.269. The lowest BCUT2D eigenvalue weighted by Gasteiger charge is -2.26. The van der Waals surface area contributed by atoms with Gasteiger partial charge in [0.05, 0.1) is 37.2 Å². The SMILES string of the molecule is Fc1cnc(-c2ccc(F)c(-c3ncnc4cc(OCCCN5CCOCC5)ccc34)c2)c(F)c1. The summed E-state index contributed by atoms with van der Waals surface area (Å²) in [6, 6.07) is 10.2. The van der Waals surface area contributed by atoms with Crippen molar-refractivity contribution in [2.24, 2.45) is 0 Å². The highest BCUT2D eigenvalue weighted by atomic mass is 19.1. The number of benzene rings is 2. The molecule has 0 saturated carbocycles. The number of aromatic nitrogens is 3. The number of nitrogens with zero attached hydrogens (tertiary/aromatic N) is 4. The Hall–Kier alpha value is -3.56. The van der Waals surface area contributed by atoms with Gasteiger partial charge in [0.15, 0.2) is 5.82 Å². The van der Waals surface area contributed by atoms with Crippen LogP contribution in [0.1, 0.15) is 6.42 Å². The highest BCUT2D eigenvalue weighted by Gasteiger charge is 2.16. The second kappa shape index (κ2) is 10.4. The summed E-state index contributed by atoms with van der Waals surface area (Å²) >= 11 is 0. The van der Waals surface area contributed by atoms with E-state index in [0.717, 1.165) is 51.5 Å². The van der Waals surface area contributed by atoms with E-state index in [2.05, 4.69) is 19.9 Å². The molecule has 3 heterocycles. The van der Waals surface area contributed by atoms with Crippen LogP contribution in [0.2, 0.25) is 0 Å². The first-order valence-corrected chi connectivity index (χ1v) is 11.4. The van der Waals surface area contributed by atoms with Crippen molar-refractivity contribution in [1.82, 2.24) is 19.9 Å². The molecular formula is C26H23F3N4O2. The molecule has 0 amide bonds. The average molecular weight is 480 g/mol. The first-order chi connectivity index (χ1) is 17.1. The van der Waals surface area contributed by atoms with Gasteiger partial charge in [0.2, 0.25) is 0 Å². The van der Waals surface area contributed by atoms with Crippen molar-refractivity contribution in [3.05, 3.63) is 72.4 Å². The van der Waals surface area contributed by atoms with Gasteiger partial charge in [-0.3, -0.25) is 9.88 Å². The molecule has 0 spiro atoms. The van der Waals surface area contributed by atoms with Crippen molar-refractivity contribution in [2.75, 3.05) is 39.5 Å². The van der Waals surface area contributed by atoms with Crippen molar-refractivity contribution >= 4 is 10.9 Å². The van der Waals surface area contributed by atoms with E-state index in [4.69, 9.17) is 9.47 Å². The molecule has 180 valence electrons. The van der Waals surface area contributed by atoms with Crippen molar-refractivity contribution in [3.8, 4) is 28.3 Å². The number of hydrogen-bond acceptors (Lipinski definition) is 6. The predicted molar refractivity (Wildman–Crippen MR) is 125 cm³/mol. The maximum absolute atomic E-state index is 14.8. The molecule has 2 aromatic heterocycles. The minimum atomic E-state index is -0.828. The molecule has 0 bridgehead atoms. The Balaban J connectivity index is 1.37. The zero-order valence-corrected chi connectivity index (χ0v) is 18.9. The average Bonchev–Trinajstić information content (AvgIpc) is 2.87. The number of morpholine rings is 1. The van der Waals surface area contributed by atoms with Crippen LogP contribution in [0.3, 0.4) is 0 Å². The molecule has 4 aromatic rings. The number of ether oxygens (including phenoxy) is 2. The molecule has 5 rings (SSSR count). The van der Waals surface area contributed by atoms with E-state index >= 15 is 0 Å². The highest BCUT2D eigenvalue weighted by molar-refractivity contribution is 5.93. The Morgan fingerprint density at radius 3 is 2.57 bits per heavy atom. The summed E-state index contributed by atoms with van der Waals surface area (Å²) in [5.74, 6) is -1.48. The molecule has 0 N–H and O–H groups in total. The molecule has 9 heteroatoms. The predicted octanol–water partition coefficient (Wildman–Crippen LogP) is 4.88. The van der Waals surface area contributed by atoms with Crippen LogP contribution in [-0.4, -0.2) is 59.3 Å². The number of pyridine rings is 1. The second-order valence-corrected chi connectivity index (χ2v) is 8.24. The van der Waals surface area contributed by atoms with Gasteiger partial charge in [-0.15, -0.1) is 0 Å². The molecule has 6 nitrogen and oxygen atoms in total. The van der Waals surface area contributed by atoms with Crippen molar-refractivity contribution < 1.29 is 22.6 Å². The van der Waals surface area contributed by atoms with Gasteiger partial charge in [-0.1, -0.05) is 0 Å². The summed E-state index contributed by atoms with van der Waals surface area (Å²) in [6.07, 6.45) is 3.16. The van der Waals surface area contributed by atoms with Crippen molar-refractivity contribution in [1.29, 1.82) is 0 Å². The monoisotopic (exact) mass is 480 g/mol. The number of halogens is 3. The van der Waals surface area contributed by atoms with Gasteiger partial charge in [0, 0.05) is 48.3 Å². The fourth-order valence-electron chi connectivity index (χ4n) is 4.13. The van der Waals surface area contributed by atoms with Gasteiger partial charge >= 0.3 is 0 Å². The van der Waals surface area contributed by atoms with Gasteiger partial charge in [0.25, 0.3) is 0 Å². The van der Waals surface area contributed by atoms with Gasteiger partial charge in [-0.2, -0.15) is 0 Å². The van der Waals surface area contributed by atoms with Crippen molar-refractivity contribution in [3.63, 3.8) is 0 Å². The van der Waals surface area contributed by atoms with Gasteiger partial charge in [-0.05, 0) is 36.8 Å². The Kier molecular flexibility index (Phi) is 6.87. The second-order valence-electron chi connectivity index (χ2n) is 8.24. The van der Waals surface area contributed by atoms with Crippen LogP contribution in [0.5, 0.6) is 5.75 Å². The van der Waals surface area contributed by atoms with Crippen LogP contribution in [-0.2, 0) is 4.74 Å². The molecule has 0 radical (unpaired) electrons. The van der Waals surface area contributed by atoms with Gasteiger partial charge < -0.3 is 9.47 Å². The molecule has 0 aliphatic carbocycles. The first kappa shape index (κ1) is 23.2. The summed E-state index contributed by atoms with van der Waals surface area (Å²) in [7, 11) is 0. The Labute approximate surface area is 200 Å². The molecule has 0 unspecified atom stereocenters. The highest BCUT2D eigenvalue weighted by Crippen LogP contribution is 2.33. The molecule has 1 aliphatic heterocycles. The Bertz CT molecular complexity index is 1350. The summed E-state index contributed by atoms with van der Waals surface area (Å²) < 4.78 is 53.6. The number of fused-ring (bicyclic) bond motifs is 1. The minimum absolute atomic E-state index is 0.0706. The lowest BCUT2D eigenvalue weighted by molar-refractivity contribution is 0.0358. The van der Waals surface area contributed by atoms with E-state index in [0.29, 0.717) is 34.5 Å². The molecule has 35 heavy (non-hydrogen) atoms. The smallest absolute Gasteiger partial charge is 0.152 e.